The fraction of sp³-hybridized carbons (Fsp3) is 0.542. The Balaban J connectivity index is 1.34. The van der Waals surface area contributed by atoms with Crippen LogP contribution in [0.4, 0.5) is 0 Å². The lowest BCUT2D eigenvalue weighted by molar-refractivity contribution is 0.00134. The van der Waals surface area contributed by atoms with E-state index in [1.807, 2.05) is 24.3 Å². The van der Waals surface area contributed by atoms with Crippen LogP contribution < -0.4 is 0 Å². The molecule has 1 aromatic carbocycles. The standard InChI is InChI=1S/C24H28ClN3O/c25-19-6-3-7-20-18(19)13-21(26-20)24(29)28-10-4-5-15-11-16-12-17(23(15)28)14-27-9-2-1-8-22(16)27/h3,6-7,11,13,16-17,22-23,26H,1-2,4-5,8-10,12,14H2/t16-,17+,22+,23-/m1/s1. The number of rotatable bonds is 1. The van der Waals surface area contributed by atoms with E-state index < -0.39 is 0 Å². The number of fused-ring (bicyclic) bond motifs is 7. The summed E-state index contributed by atoms with van der Waals surface area (Å²) in [4.78, 5) is 21.8. The summed E-state index contributed by atoms with van der Waals surface area (Å²) >= 11 is 6.35. The number of carbonyl (C=O) groups excluding carboxylic acids is 1. The lowest BCUT2D eigenvalue weighted by Gasteiger charge is -2.54. The van der Waals surface area contributed by atoms with Crippen molar-refractivity contribution in [1.82, 2.24) is 14.8 Å². The molecule has 29 heavy (non-hydrogen) atoms. The molecule has 3 aliphatic heterocycles. The molecule has 3 saturated heterocycles. The fourth-order valence-electron chi connectivity index (χ4n) is 6.59. The highest BCUT2D eigenvalue weighted by molar-refractivity contribution is 6.35. The molecule has 4 nitrogen and oxygen atoms in total. The van der Waals surface area contributed by atoms with Crippen molar-refractivity contribution in [2.24, 2.45) is 11.8 Å². The molecule has 0 saturated carbocycles. The minimum absolute atomic E-state index is 0.132. The average Bonchev–Trinajstić information content (AvgIpc) is 3.19. The van der Waals surface area contributed by atoms with Gasteiger partial charge in [0, 0.05) is 35.1 Å². The number of piperidine rings is 3. The minimum atomic E-state index is 0.132. The number of halogens is 1. The minimum Gasteiger partial charge on any atom is -0.350 e. The van der Waals surface area contributed by atoms with E-state index in [1.54, 1.807) is 0 Å². The first-order chi connectivity index (χ1) is 14.2. The van der Waals surface area contributed by atoms with Crippen molar-refractivity contribution in [3.8, 4) is 0 Å². The molecule has 4 aliphatic rings. The predicted molar refractivity (Wildman–Crippen MR) is 116 cm³/mol. The van der Waals surface area contributed by atoms with E-state index in [0.717, 1.165) is 42.9 Å². The molecule has 152 valence electrons. The van der Waals surface area contributed by atoms with Gasteiger partial charge in [-0.3, -0.25) is 9.69 Å². The first-order valence-corrected chi connectivity index (χ1v) is 11.6. The van der Waals surface area contributed by atoms with Crippen molar-refractivity contribution >= 4 is 28.4 Å². The highest BCUT2D eigenvalue weighted by Crippen LogP contribution is 2.45. The number of hydrogen-bond acceptors (Lipinski definition) is 2. The quantitative estimate of drug-likeness (QED) is 0.683. The number of aromatic nitrogens is 1. The van der Waals surface area contributed by atoms with Crippen LogP contribution in [0.2, 0.25) is 5.02 Å². The largest absolute Gasteiger partial charge is 0.350 e. The third-order valence-electron chi connectivity index (χ3n) is 7.76. The van der Waals surface area contributed by atoms with Gasteiger partial charge in [-0.05, 0) is 68.7 Å². The van der Waals surface area contributed by atoms with Crippen LogP contribution in [0.15, 0.2) is 35.9 Å². The Morgan fingerprint density at radius 1 is 1.17 bits per heavy atom. The topological polar surface area (TPSA) is 39.3 Å². The average molecular weight is 410 g/mol. The molecule has 4 atom stereocenters. The van der Waals surface area contributed by atoms with Crippen LogP contribution in [-0.2, 0) is 0 Å². The molecule has 5 heteroatoms. The Hall–Kier alpha value is -1.78. The first-order valence-electron chi connectivity index (χ1n) is 11.2. The van der Waals surface area contributed by atoms with E-state index in [2.05, 4.69) is 20.9 Å². The van der Waals surface area contributed by atoms with Gasteiger partial charge in [0.2, 0.25) is 0 Å². The van der Waals surface area contributed by atoms with Gasteiger partial charge in [0.1, 0.15) is 5.69 Å². The number of nitrogens with one attached hydrogen (secondary N) is 1. The normalized spacial score (nSPS) is 31.9. The number of carbonyl (C=O) groups is 1. The summed E-state index contributed by atoms with van der Waals surface area (Å²) in [5, 5.41) is 1.63. The molecular formula is C24H28ClN3O. The molecule has 0 unspecified atom stereocenters. The SMILES string of the molecule is O=C(c1cc2c(Cl)cccc2[nH]1)N1CCCC2=C[C@@H]3C[C@@H](CN4CCCC[C@@H]34)[C@@H]21. The summed E-state index contributed by atoms with van der Waals surface area (Å²) in [5.74, 6) is 1.40. The molecule has 1 N–H and O–H groups in total. The van der Waals surface area contributed by atoms with Gasteiger partial charge in [-0.15, -0.1) is 0 Å². The van der Waals surface area contributed by atoms with Gasteiger partial charge >= 0.3 is 0 Å². The van der Waals surface area contributed by atoms with Crippen molar-refractivity contribution in [3.05, 3.63) is 46.6 Å². The highest BCUT2D eigenvalue weighted by atomic mass is 35.5. The Kier molecular flexibility index (Phi) is 4.28. The molecule has 0 radical (unpaired) electrons. The highest BCUT2D eigenvalue weighted by Gasteiger charge is 2.47. The molecule has 2 aromatic rings. The lowest BCUT2D eigenvalue weighted by Crippen LogP contribution is -2.60. The molecule has 4 heterocycles. The van der Waals surface area contributed by atoms with E-state index in [-0.39, 0.29) is 11.9 Å². The number of amides is 1. The van der Waals surface area contributed by atoms with E-state index in [4.69, 9.17) is 11.6 Å². The van der Waals surface area contributed by atoms with Gasteiger partial charge in [0.15, 0.2) is 0 Å². The smallest absolute Gasteiger partial charge is 0.270 e. The van der Waals surface area contributed by atoms with Gasteiger partial charge in [0.25, 0.3) is 5.91 Å². The summed E-state index contributed by atoms with van der Waals surface area (Å²) in [5.41, 5.74) is 3.14. The molecule has 0 spiro atoms. The summed E-state index contributed by atoms with van der Waals surface area (Å²) in [6, 6.07) is 8.75. The monoisotopic (exact) mass is 409 g/mol. The van der Waals surface area contributed by atoms with Crippen LogP contribution in [0.25, 0.3) is 10.9 Å². The van der Waals surface area contributed by atoms with Gasteiger partial charge in [-0.1, -0.05) is 35.7 Å². The maximum absolute atomic E-state index is 13.6. The van der Waals surface area contributed by atoms with Crippen LogP contribution in [0.3, 0.4) is 0 Å². The van der Waals surface area contributed by atoms with Crippen molar-refractivity contribution in [3.63, 3.8) is 0 Å². The van der Waals surface area contributed by atoms with Gasteiger partial charge in [0.05, 0.1) is 6.04 Å². The van der Waals surface area contributed by atoms with Gasteiger partial charge < -0.3 is 9.88 Å². The van der Waals surface area contributed by atoms with E-state index in [0.29, 0.717) is 22.6 Å². The summed E-state index contributed by atoms with van der Waals surface area (Å²) in [7, 11) is 0. The maximum Gasteiger partial charge on any atom is 0.270 e. The molecule has 1 amide bonds. The first kappa shape index (κ1) is 18.0. The third-order valence-corrected chi connectivity index (χ3v) is 8.09. The number of benzene rings is 1. The van der Waals surface area contributed by atoms with Crippen LogP contribution in [-0.4, -0.2) is 52.4 Å². The maximum atomic E-state index is 13.6. The molecule has 1 aliphatic carbocycles. The Labute approximate surface area is 176 Å². The Bertz CT molecular complexity index is 995. The van der Waals surface area contributed by atoms with Crippen molar-refractivity contribution in [2.45, 2.75) is 50.6 Å². The molecule has 2 bridgehead atoms. The molecule has 3 fully saturated rings. The third kappa shape index (κ3) is 2.87. The summed E-state index contributed by atoms with van der Waals surface area (Å²) in [6.07, 6.45) is 10.1. The Morgan fingerprint density at radius 3 is 3.00 bits per heavy atom. The molecule has 6 rings (SSSR count). The fourth-order valence-corrected chi connectivity index (χ4v) is 6.82. The van der Waals surface area contributed by atoms with Gasteiger partial charge in [-0.25, -0.2) is 0 Å². The van der Waals surface area contributed by atoms with E-state index in [1.165, 1.54) is 37.8 Å². The van der Waals surface area contributed by atoms with Gasteiger partial charge in [-0.2, -0.15) is 0 Å². The number of likely N-dealkylation sites (tertiary alicyclic amines) is 1. The number of aromatic amines is 1. The molecule has 1 aromatic heterocycles. The molecular weight excluding hydrogens is 382 g/mol. The van der Waals surface area contributed by atoms with Crippen molar-refractivity contribution in [1.29, 1.82) is 0 Å². The van der Waals surface area contributed by atoms with E-state index >= 15 is 0 Å². The van der Waals surface area contributed by atoms with Crippen LogP contribution in [0.5, 0.6) is 0 Å². The zero-order chi connectivity index (χ0) is 19.5. The number of H-pyrrole nitrogens is 1. The van der Waals surface area contributed by atoms with E-state index in [9.17, 15) is 4.79 Å². The Morgan fingerprint density at radius 2 is 2.10 bits per heavy atom. The second kappa shape index (κ2) is 6.88. The summed E-state index contributed by atoms with van der Waals surface area (Å²) in [6.45, 7) is 3.25. The number of nitrogens with zero attached hydrogens (tertiary/aromatic N) is 2. The second-order valence-corrected chi connectivity index (χ2v) is 9.80. The second-order valence-electron chi connectivity index (χ2n) is 9.39. The van der Waals surface area contributed by atoms with Crippen LogP contribution in [0, 0.1) is 11.8 Å². The summed E-state index contributed by atoms with van der Waals surface area (Å²) < 4.78 is 0. The zero-order valence-corrected chi connectivity index (χ0v) is 17.5. The van der Waals surface area contributed by atoms with Crippen LogP contribution in [0.1, 0.15) is 49.0 Å². The lowest BCUT2D eigenvalue weighted by atomic mass is 9.68. The zero-order valence-electron chi connectivity index (χ0n) is 16.7. The number of hydrogen-bond donors (Lipinski definition) is 1. The van der Waals surface area contributed by atoms with Crippen molar-refractivity contribution < 1.29 is 4.79 Å². The predicted octanol–water partition coefficient (Wildman–Crippen LogP) is 4.86. The van der Waals surface area contributed by atoms with Crippen molar-refractivity contribution in [2.75, 3.05) is 19.6 Å². The van der Waals surface area contributed by atoms with Crippen LogP contribution >= 0.6 is 11.6 Å².